The molecule has 0 amide bonds. The predicted octanol–water partition coefficient (Wildman–Crippen LogP) is 1.15. The summed E-state index contributed by atoms with van der Waals surface area (Å²) in [5.41, 5.74) is 0.946. The first-order valence-corrected chi connectivity index (χ1v) is 6.76. The van der Waals surface area contributed by atoms with Crippen molar-refractivity contribution in [2.45, 2.75) is 26.8 Å². The molecule has 1 heterocycles. The molecule has 1 unspecified atom stereocenters. The third-order valence-electron chi connectivity index (χ3n) is 2.13. The fraction of sp³-hybridized carbons (Fsp3) is 0.700. The number of aromatic nitrogens is 1. The van der Waals surface area contributed by atoms with Crippen LogP contribution in [0.2, 0.25) is 0 Å². The number of nitrogens with one attached hydrogen (secondary N) is 1. The zero-order chi connectivity index (χ0) is 11.3. The average molecular weight is 230 g/mol. The summed E-state index contributed by atoms with van der Waals surface area (Å²) in [4.78, 5) is 4.25. The zero-order valence-electron chi connectivity index (χ0n) is 9.50. The van der Waals surface area contributed by atoms with Crippen molar-refractivity contribution in [3.63, 3.8) is 0 Å². The number of hydrogen-bond acceptors (Lipinski definition) is 4. The maximum atomic E-state index is 10.8. The van der Waals surface area contributed by atoms with Crippen LogP contribution in [0.15, 0.2) is 4.42 Å². The van der Waals surface area contributed by atoms with Gasteiger partial charge < -0.3 is 9.73 Å². The van der Waals surface area contributed by atoms with Crippen molar-refractivity contribution in [2.24, 2.45) is 0 Å². The van der Waals surface area contributed by atoms with Crippen LogP contribution in [0.4, 0.5) is 0 Å². The molecule has 1 aromatic rings. The fourth-order valence-corrected chi connectivity index (χ4v) is 1.76. The molecule has 0 fully saturated rings. The van der Waals surface area contributed by atoms with Gasteiger partial charge in [0.15, 0.2) is 0 Å². The van der Waals surface area contributed by atoms with Crippen LogP contribution in [0, 0.1) is 13.8 Å². The van der Waals surface area contributed by atoms with Crippen LogP contribution in [0.1, 0.15) is 23.8 Å². The van der Waals surface area contributed by atoms with Crippen LogP contribution in [-0.4, -0.2) is 27.7 Å². The van der Waals surface area contributed by atoms with Crippen molar-refractivity contribution >= 4 is 10.8 Å². The van der Waals surface area contributed by atoms with Crippen LogP contribution in [0.3, 0.4) is 0 Å². The summed E-state index contributed by atoms with van der Waals surface area (Å²) >= 11 is 0. The summed E-state index contributed by atoms with van der Waals surface area (Å²) < 4.78 is 16.2. The molecule has 4 nitrogen and oxygen atoms in total. The summed E-state index contributed by atoms with van der Waals surface area (Å²) in [6, 6.07) is 0. The Bertz CT molecular complexity index is 317. The van der Waals surface area contributed by atoms with Crippen molar-refractivity contribution in [3.8, 4) is 0 Å². The zero-order valence-corrected chi connectivity index (χ0v) is 10.3. The standard InChI is InChI=1S/C10H18N2O2S/c1-8-9(2)14-10(12-8)7-11-5-4-6-15(3)13/h11H,4-7H2,1-3H3. The second-order valence-electron chi connectivity index (χ2n) is 3.56. The Morgan fingerprint density at radius 2 is 2.20 bits per heavy atom. The average Bonchev–Trinajstić information content (AvgIpc) is 2.45. The van der Waals surface area contributed by atoms with Gasteiger partial charge in [-0.05, 0) is 26.8 Å². The Labute approximate surface area is 92.9 Å². The molecular weight excluding hydrogens is 212 g/mol. The predicted molar refractivity (Wildman–Crippen MR) is 61.2 cm³/mol. The van der Waals surface area contributed by atoms with E-state index in [0.29, 0.717) is 6.54 Å². The van der Waals surface area contributed by atoms with Gasteiger partial charge in [-0.1, -0.05) is 0 Å². The fourth-order valence-electron chi connectivity index (χ4n) is 1.21. The maximum Gasteiger partial charge on any atom is 0.208 e. The smallest absolute Gasteiger partial charge is 0.208 e. The van der Waals surface area contributed by atoms with Gasteiger partial charge in [0.1, 0.15) is 5.76 Å². The minimum atomic E-state index is -0.692. The highest BCUT2D eigenvalue weighted by Crippen LogP contribution is 2.07. The van der Waals surface area contributed by atoms with Gasteiger partial charge >= 0.3 is 0 Å². The Kier molecular flexibility index (Phi) is 4.98. The molecule has 1 N–H and O–H groups in total. The molecule has 0 spiro atoms. The highest BCUT2D eigenvalue weighted by molar-refractivity contribution is 7.84. The summed E-state index contributed by atoms with van der Waals surface area (Å²) in [7, 11) is -0.692. The molecule has 1 aromatic heterocycles. The van der Waals surface area contributed by atoms with Crippen molar-refractivity contribution in [1.29, 1.82) is 0 Å². The second-order valence-corrected chi connectivity index (χ2v) is 5.11. The van der Waals surface area contributed by atoms with E-state index in [9.17, 15) is 4.21 Å². The Balaban J connectivity index is 2.18. The van der Waals surface area contributed by atoms with Gasteiger partial charge in [0, 0.05) is 22.8 Å². The van der Waals surface area contributed by atoms with E-state index in [4.69, 9.17) is 4.42 Å². The molecule has 0 aliphatic carbocycles. The van der Waals surface area contributed by atoms with Gasteiger partial charge in [0.2, 0.25) is 5.89 Å². The maximum absolute atomic E-state index is 10.8. The summed E-state index contributed by atoms with van der Waals surface area (Å²) in [5, 5.41) is 3.21. The molecule has 0 aromatic carbocycles. The van der Waals surface area contributed by atoms with E-state index in [-0.39, 0.29) is 0 Å². The van der Waals surface area contributed by atoms with Crippen molar-refractivity contribution < 1.29 is 8.63 Å². The van der Waals surface area contributed by atoms with Crippen LogP contribution in [0.25, 0.3) is 0 Å². The van der Waals surface area contributed by atoms with Gasteiger partial charge in [-0.3, -0.25) is 4.21 Å². The van der Waals surface area contributed by atoms with Gasteiger partial charge in [-0.2, -0.15) is 0 Å². The number of rotatable bonds is 6. The number of oxazole rings is 1. The number of aryl methyl sites for hydroxylation is 2. The molecule has 1 atom stereocenters. The Hall–Kier alpha value is -0.680. The third kappa shape index (κ3) is 4.57. The van der Waals surface area contributed by atoms with Crippen LogP contribution in [-0.2, 0) is 17.3 Å². The quantitative estimate of drug-likeness (QED) is 0.745. The summed E-state index contributed by atoms with van der Waals surface area (Å²) in [5.74, 6) is 2.35. The van der Waals surface area contributed by atoms with Crippen LogP contribution in [0.5, 0.6) is 0 Å². The Morgan fingerprint density at radius 3 is 2.73 bits per heavy atom. The molecular formula is C10H18N2O2S. The van der Waals surface area contributed by atoms with E-state index >= 15 is 0 Å². The van der Waals surface area contributed by atoms with E-state index in [2.05, 4.69) is 10.3 Å². The molecule has 1 rings (SSSR count). The van der Waals surface area contributed by atoms with E-state index in [1.807, 2.05) is 13.8 Å². The molecule has 0 aliphatic heterocycles. The molecule has 0 bridgehead atoms. The molecule has 15 heavy (non-hydrogen) atoms. The lowest BCUT2D eigenvalue weighted by atomic mass is 10.4. The van der Waals surface area contributed by atoms with Gasteiger partial charge in [-0.25, -0.2) is 4.98 Å². The van der Waals surface area contributed by atoms with E-state index in [1.54, 1.807) is 6.26 Å². The monoisotopic (exact) mass is 230 g/mol. The molecule has 0 aliphatic rings. The van der Waals surface area contributed by atoms with Crippen LogP contribution < -0.4 is 5.32 Å². The Morgan fingerprint density at radius 1 is 1.47 bits per heavy atom. The van der Waals surface area contributed by atoms with Crippen molar-refractivity contribution in [2.75, 3.05) is 18.6 Å². The summed E-state index contributed by atoms with van der Waals surface area (Å²) in [6.45, 7) is 5.33. The third-order valence-corrected chi connectivity index (χ3v) is 3.00. The van der Waals surface area contributed by atoms with Crippen molar-refractivity contribution in [3.05, 3.63) is 17.3 Å². The SMILES string of the molecule is Cc1nc(CNCCCS(C)=O)oc1C. The van der Waals surface area contributed by atoms with Crippen molar-refractivity contribution in [1.82, 2.24) is 10.3 Å². The summed E-state index contributed by atoms with van der Waals surface area (Å²) in [6.07, 6.45) is 2.64. The second kappa shape index (κ2) is 6.02. The lowest BCUT2D eigenvalue weighted by molar-refractivity contribution is 0.449. The van der Waals surface area contributed by atoms with E-state index < -0.39 is 10.8 Å². The van der Waals surface area contributed by atoms with E-state index in [0.717, 1.165) is 36.1 Å². The van der Waals surface area contributed by atoms with Crippen LogP contribution >= 0.6 is 0 Å². The van der Waals surface area contributed by atoms with Gasteiger partial charge in [-0.15, -0.1) is 0 Å². The number of hydrogen-bond donors (Lipinski definition) is 1. The largest absolute Gasteiger partial charge is 0.444 e. The van der Waals surface area contributed by atoms with E-state index in [1.165, 1.54) is 0 Å². The molecule has 86 valence electrons. The minimum absolute atomic E-state index is 0.644. The highest BCUT2D eigenvalue weighted by atomic mass is 32.2. The number of nitrogens with zero attached hydrogens (tertiary/aromatic N) is 1. The molecule has 0 saturated carbocycles. The molecule has 0 saturated heterocycles. The first-order valence-electron chi connectivity index (χ1n) is 5.03. The normalized spacial score (nSPS) is 13.0. The first-order chi connectivity index (χ1) is 7.09. The lowest BCUT2D eigenvalue weighted by Gasteiger charge is -2.00. The highest BCUT2D eigenvalue weighted by Gasteiger charge is 2.04. The first kappa shape index (κ1) is 12.4. The lowest BCUT2D eigenvalue weighted by Crippen LogP contribution is -2.16. The minimum Gasteiger partial charge on any atom is -0.444 e. The molecule has 0 radical (unpaired) electrons. The van der Waals surface area contributed by atoms with Gasteiger partial charge in [0.25, 0.3) is 0 Å². The van der Waals surface area contributed by atoms with Gasteiger partial charge in [0.05, 0.1) is 12.2 Å². The molecule has 5 heteroatoms. The topological polar surface area (TPSA) is 55.1 Å².